The van der Waals surface area contributed by atoms with E-state index < -0.39 is 47.9 Å². The molecule has 5 aliphatic rings. The monoisotopic (exact) mass is 616 g/mol. The molecular weight excluding hydrogens is 572 g/mol. The Balaban J connectivity index is 1.03. The zero-order chi connectivity index (χ0) is 31.5. The Bertz CT molecular complexity index is 1210. The van der Waals surface area contributed by atoms with Crippen molar-refractivity contribution in [1.29, 1.82) is 0 Å². The van der Waals surface area contributed by atoms with E-state index in [0.717, 1.165) is 24.8 Å². The highest BCUT2D eigenvalue weighted by Crippen LogP contribution is 2.60. The highest BCUT2D eigenvalue weighted by atomic mass is 17.3. The maximum atomic E-state index is 12.8. The highest BCUT2D eigenvalue weighted by Gasteiger charge is 2.69. The molecule has 0 radical (unpaired) electrons. The summed E-state index contributed by atoms with van der Waals surface area (Å²) in [5.74, 6) is -2.86. The van der Waals surface area contributed by atoms with Gasteiger partial charge >= 0.3 is 11.9 Å². The molecule has 5 fully saturated rings. The van der Waals surface area contributed by atoms with Crippen LogP contribution in [0, 0.1) is 23.7 Å². The van der Waals surface area contributed by atoms with Crippen LogP contribution >= 0.6 is 0 Å². The van der Waals surface area contributed by atoms with Crippen molar-refractivity contribution in [2.24, 2.45) is 23.7 Å². The van der Waals surface area contributed by atoms with E-state index in [4.69, 9.17) is 24.0 Å². The van der Waals surface area contributed by atoms with Crippen LogP contribution in [0.2, 0.25) is 0 Å². The van der Waals surface area contributed by atoms with E-state index >= 15 is 0 Å². The number of benzene rings is 1. The molecule has 4 saturated heterocycles. The zero-order valence-electron chi connectivity index (χ0n) is 25.6. The van der Waals surface area contributed by atoms with Crippen molar-refractivity contribution >= 4 is 23.8 Å². The number of carboxylic acid groups (broad SMARTS) is 1. The van der Waals surface area contributed by atoms with Crippen LogP contribution in [0.3, 0.4) is 0 Å². The number of carbonyl (C=O) groups is 4. The van der Waals surface area contributed by atoms with Crippen LogP contribution in [0.1, 0.15) is 77.7 Å². The van der Waals surface area contributed by atoms with Crippen molar-refractivity contribution in [2.75, 3.05) is 6.54 Å². The van der Waals surface area contributed by atoms with Gasteiger partial charge in [-0.05, 0) is 50.0 Å². The summed E-state index contributed by atoms with van der Waals surface area (Å²) in [5, 5.41) is 14.7. The zero-order valence-corrected chi connectivity index (χ0v) is 25.6. The number of carbonyl (C=O) groups excluding carboxylic acids is 3. The maximum absolute atomic E-state index is 12.8. The fourth-order valence-electron chi connectivity index (χ4n) is 7.29. The van der Waals surface area contributed by atoms with Gasteiger partial charge in [0.05, 0.1) is 6.42 Å². The van der Waals surface area contributed by atoms with E-state index in [-0.39, 0.29) is 55.9 Å². The van der Waals surface area contributed by atoms with Crippen LogP contribution in [0.15, 0.2) is 30.3 Å². The summed E-state index contributed by atoms with van der Waals surface area (Å²) in [5.41, 5.74) is 0.0582. The summed E-state index contributed by atoms with van der Waals surface area (Å²) in [6.07, 6.45) is 2.29. The average molecular weight is 617 g/mol. The largest absolute Gasteiger partial charge is 0.480 e. The molecule has 3 N–H and O–H groups in total. The van der Waals surface area contributed by atoms with Crippen molar-refractivity contribution in [3.8, 4) is 0 Å². The van der Waals surface area contributed by atoms with Gasteiger partial charge < -0.3 is 30.0 Å². The second-order valence-electron chi connectivity index (χ2n) is 12.9. The second kappa shape index (κ2) is 13.5. The topological polar surface area (TPSA) is 159 Å². The van der Waals surface area contributed by atoms with E-state index in [9.17, 15) is 24.3 Å². The first-order valence-corrected chi connectivity index (χ1v) is 15.7. The van der Waals surface area contributed by atoms with Gasteiger partial charge in [0, 0.05) is 44.1 Å². The molecule has 1 saturated carbocycles. The third-order valence-electron chi connectivity index (χ3n) is 9.72. The Labute approximate surface area is 257 Å². The fourth-order valence-corrected chi connectivity index (χ4v) is 7.29. The number of fused-ring (bicyclic) bond motifs is 2. The summed E-state index contributed by atoms with van der Waals surface area (Å²) in [4.78, 5) is 60.9. The Morgan fingerprint density at radius 1 is 1.00 bits per heavy atom. The van der Waals surface area contributed by atoms with Crippen LogP contribution in [0.25, 0.3) is 0 Å². The molecule has 1 aliphatic carbocycles. The number of amides is 2. The maximum Gasteiger partial charge on any atom is 0.326 e. The lowest BCUT2D eigenvalue weighted by molar-refractivity contribution is -0.576. The minimum atomic E-state index is -1.11. The van der Waals surface area contributed by atoms with Crippen molar-refractivity contribution in [3.63, 3.8) is 0 Å². The van der Waals surface area contributed by atoms with E-state index in [2.05, 4.69) is 17.6 Å². The van der Waals surface area contributed by atoms with E-state index in [1.165, 1.54) is 0 Å². The molecule has 4 aliphatic heterocycles. The van der Waals surface area contributed by atoms with Gasteiger partial charge in [0.2, 0.25) is 23.9 Å². The number of hydrogen-bond acceptors (Lipinski definition) is 9. The number of hydrogen-bond donors (Lipinski definition) is 3. The molecule has 242 valence electrons. The van der Waals surface area contributed by atoms with E-state index in [1.807, 2.05) is 32.0 Å². The fraction of sp³-hybridized carbons (Fsp3) is 0.688. The number of nitrogens with one attached hydrogen (secondary N) is 2. The number of esters is 1. The van der Waals surface area contributed by atoms with Gasteiger partial charge in [0.1, 0.15) is 6.04 Å². The first-order chi connectivity index (χ1) is 21.0. The van der Waals surface area contributed by atoms with Crippen LogP contribution < -0.4 is 10.6 Å². The molecule has 12 nitrogen and oxygen atoms in total. The normalized spacial score (nSPS) is 34.6. The second-order valence-corrected chi connectivity index (χ2v) is 12.9. The molecular formula is C32H44N2O10. The lowest BCUT2D eigenvalue weighted by Crippen LogP contribution is -2.70. The molecule has 0 unspecified atom stereocenters. The van der Waals surface area contributed by atoms with Crippen LogP contribution in [0.5, 0.6) is 0 Å². The van der Waals surface area contributed by atoms with Crippen molar-refractivity contribution in [1.82, 2.24) is 10.6 Å². The number of rotatable bonds is 12. The molecule has 2 bridgehead atoms. The average Bonchev–Trinajstić information content (AvgIpc) is 3.22. The summed E-state index contributed by atoms with van der Waals surface area (Å²) in [6.45, 7) is 6.27. The lowest BCUT2D eigenvalue weighted by Gasteiger charge is -2.59. The van der Waals surface area contributed by atoms with Gasteiger partial charge in [-0.3, -0.25) is 14.4 Å². The molecule has 12 heteroatoms. The highest BCUT2D eigenvalue weighted by molar-refractivity contribution is 5.84. The van der Waals surface area contributed by atoms with Crippen LogP contribution in [-0.4, -0.2) is 65.4 Å². The van der Waals surface area contributed by atoms with Crippen molar-refractivity contribution < 1.29 is 48.3 Å². The van der Waals surface area contributed by atoms with Gasteiger partial charge in [-0.1, -0.05) is 44.2 Å². The van der Waals surface area contributed by atoms with E-state index in [1.54, 1.807) is 12.1 Å². The Kier molecular flexibility index (Phi) is 9.93. The summed E-state index contributed by atoms with van der Waals surface area (Å²) < 4.78 is 18.3. The summed E-state index contributed by atoms with van der Waals surface area (Å²) in [6, 6.07) is 8.02. The molecule has 0 aromatic heterocycles. The lowest BCUT2D eigenvalue weighted by atomic mass is 9.58. The molecule has 1 aromatic carbocycles. The third kappa shape index (κ3) is 6.93. The first-order valence-electron chi connectivity index (χ1n) is 15.7. The quantitative estimate of drug-likeness (QED) is 0.181. The first kappa shape index (κ1) is 32.3. The molecule has 6 rings (SSSR count). The Hall–Kier alpha value is -3.06. The number of aliphatic carboxylic acids is 1. The van der Waals surface area contributed by atoms with Gasteiger partial charge in [-0.25, -0.2) is 14.6 Å². The van der Waals surface area contributed by atoms with Crippen LogP contribution in [-0.2, 0) is 49.6 Å². The third-order valence-corrected chi connectivity index (χ3v) is 9.72. The van der Waals surface area contributed by atoms with Crippen LogP contribution in [0.4, 0.5) is 0 Å². The van der Waals surface area contributed by atoms with E-state index in [0.29, 0.717) is 18.8 Å². The number of carboxylic acids is 1. The van der Waals surface area contributed by atoms with Gasteiger partial charge in [-0.2, -0.15) is 0 Å². The Morgan fingerprint density at radius 2 is 1.77 bits per heavy atom. The SMILES string of the molecule is C[C@H]1[C@H](OC(=O)CCC(=O)NCCCC(=O)N[C@@H](Cc2ccccc2)C(=O)O)O[C@H]2O[C@]3(C)CC[C@H]4[C@H](C)CC[C@H]1[C@@]24OO3. The van der Waals surface area contributed by atoms with Crippen molar-refractivity contribution in [2.45, 2.75) is 109 Å². The molecule has 1 spiro atoms. The predicted octanol–water partition coefficient (Wildman–Crippen LogP) is 3.23. The summed E-state index contributed by atoms with van der Waals surface area (Å²) in [7, 11) is 0. The van der Waals surface area contributed by atoms with Gasteiger partial charge in [0.15, 0.2) is 11.9 Å². The number of ether oxygens (including phenoxy) is 3. The molecule has 9 atom stereocenters. The molecule has 44 heavy (non-hydrogen) atoms. The molecule has 1 aromatic rings. The molecule has 4 heterocycles. The summed E-state index contributed by atoms with van der Waals surface area (Å²) >= 11 is 0. The minimum absolute atomic E-state index is 0.0208. The Morgan fingerprint density at radius 3 is 2.52 bits per heavy atom. The molecule has 2 amide bonds. The van der Waals surface area contributed by atoms with Crippen molar-refractivity contribution in [3.05, 3.63) is 35.9 Å². The smallest absolute Gasteiger partial charge is 0.326 e. The van der Waals surface area contributed by atoms with Gasteiger partial charge in [0.25, 0.3) is 0 Å². The predicted molar refractivity (Wildman–Crippen MR) is 154 cm³/mol. The standard InChI is InChI=1S/C32H44N2O10/c1-19-11-12-23-20(2)29(41-30-32(23)22(19)15-16-31(3,42-30)43-44-32)40-27(37)14-13-25(35)33-17-7-10-26(36)34-24(28(38)39)18-21-8-5-4-6-9-21/h4-6,8-9,19-20,22-24,29-30H,7,10-18H2,1-3H3,(H,33,35)(H,34,36)(H,38,39)/t19-,20-,22+,23-,24+,29-,30+,31+,32-/m1/s1. The minimum Gasteiger partial charge on any atom is -0.480 e. The van der Waals surface area contributed by atoms with Gasteiger partial charge in [-0.15, -0.1) is 0 Å².